The van der Waals surface area contributed by atoms with Crippen LogP contribution in [0, 0.1) is 19.8 Å². The quantitative estimate of drug-likeness (QED) is 0.895. The predicted molar refractivity (Wildman–Crippen MR) is 81.5 cm³/mol. The fraction of sp³-hybridized carbons (Fsp3) is 0.467. The summed E-state index contributed by atoms with van der Waals surface area (Å²) in [6.07, 6.45) is 0. The number of fused-ring (bicyclic) bond motifs is 1. The van der Waals surface area contributed by atoms with Crippen molar-refractivity contribution >= 4 is 22.9 Å². The van der Waals surface area contributed by atoms with Gasteiger partial charge in [-0.15, -0.1) is 0 Å². The Morgan fingerprint density at radius 3 is 2.65 bits per heavy atom. The molecule has 0 spiro atoms. The first-order chi connectivity index (χ1) is 9.38. The van der Waals surface area contributed by atoms with E-state index < -0.39 is 0 Å². The molecule has 0 unspecified atom stereocenters. The zero-order chi connectivity index (χ0) is 14.9. The van der Waals surface area contributed by atoms with Gasteiger partial charge in [0.15, 0.2) is 0 Å². The molecule has 0 aliphatic heterocycles. The lowest BCUT2D eigenvalue weighted by Gasteiger charge is -2.10. The second kappa shape index (κ2) is 5.53. The number of nitrogens with zero attached hydrogens (tertiary/aromatic N) is 2. The van der Waals surface area contributed by atoms with Crippen molar-refractivity contribution in [2.45, 2.75) is 34.2 Å². The van der Waals surface area contributed by atoms with Crippen molar-refractivity contribution in [1.29, 1.82) is 0 Å². The molecule has 20 heavy (non-hydrogen) atoms. The van der Waals surface area contributed by atoms with Gasteiger partial charge < -0.3 is 15.6 Å². The molecule has 5 nitrogen and oxygen atoms in total. The summed E-state index contributed by atoms with van der Waals surface area (Å²) in [6.45, 7) is 9.09. The lowest BCUT2D eigenvalue weighted by molar-refractivity contribution is -0.121. The van der Waals surface area contributed by atoms with Gasteiger partial charge in [0.1, 0.15) is 6.54 Å². The summed E-state index contributed by atoms with van der Waals surface area (Å²) < 4.78 is 1.76. The molecule has 1 aromatic heterocycles. The molecule has 0 aliphatic carbocycles. The first-order valence-corrected chi connectivity index (χ1v) is 6.88. The lowest BCUT2D eigenvalue weighted by Crippen LogP contribution is -2.30. The minimum absolute atomic E-state index is 0.0390. The van der Waals surface area contributed by atoms with Crippen LogP contribution in [0.1, 0.15) is 25.0 Å². The van der Waals surface area contributed by atoms with E-state index >= 15 is 0 Å². The number of hydrogen-bond acceptors (Lipinski definition) is 3. The van der Waals surface area contributed by atoms with Crippen molar-refractivity contribution in [3.05, 3.63) is 23.3 Å². The summed E-state index contributed by atoms with van der Waals surface area (Å²) >= 11 is 0. The molecule has 0 atom stereocenters. The van der Waals surface area contributed by atoms with Crippen molar-refractivity contribution in [3.63, 3.8) is 0 Å². The summed E-state index contributed by atoms with van der Waals surface area (Å²) in [4.78, 5) is 16.3. The number of benzene rings is 1. The SMILES string of the molecule is Cc1cc2nc(N)n(CC(=O)NCC(C)C)c2cc1C. The third-order valence-corrected chi connectivity index (χ3v) is 3.40. The van der Waals surface area contributed by atoms with Crippen LogP contribution < -0.4 is 11.1 Å². The normalized spacial score (nSPS) is 11.2. The van der Waals surface area contributed by atoms with Crippen molar-refractivity contribution in [1.82, 2.24) is 14.9 Å². The highest BCUT2D eigenvalue weighted by Crippen LogP contribution is 2.21. The zero-order valence-electron chi connectivity index (χ0n) is 12.5. The van der Waals surface area contributed by atoms with Gasteiger partial charge >= 0.3 is 0 Å². The van der Waals surface area contributed by atoms with E-state index in [2.05, 4.69) is 24.1 Å². The molecule has 3 N–H and O–H groups in total. The van der Waals surface area contributed by atoms with Gasteiger partial charge in [0, 0.05) is 6.54 Å². The highest BCUT2D eigenvalue weighted by atomic mass is 16.1. The average Bonchev–Trinajstić information content (AvgIpc) is 2.64. The smallest absolute Gasteiger partial charge is 0.240 e. The van der Waals surface area contributed by atoms with Gasteiger partial charge in [-0.3, -0.25) is 4.79 Å². The Kier molecular flexibility index (Phi) is 3.97. The highest BCUT2D eigenvalue weighted by Gasteiger charge is 2.12. The van der Waals surface area contributed by atoms with Crippen LogP contribution in [0.25, 0.3) is 11.0 Å². The van der Waals surface area contributed by atoms with Crippen LogP contribution in [0.4, 0.5) is 5.95 Å². The van der Waals surface area contributed by atoms with Crippen molar-refractivity contribution in [2.75, 3.05) is 12.3 Å². The Hall–Kier alpha value is -2.04. The van der Waals surface area contributed by atoms with Gasteiger partial charge in [-0.05, 0) is 43.0 Å². The summed E-state index contributed by atoms with van der Waals surface area (Å²) in [5.41, 5.74) is 10.0. The van der Waals surface area contributed by atoms with E-state index in [4.69, 9.17) is 5.73 Å². The number of nitrogen functional groups attached to an aromatic ring is 1. The molecule has 0 aliphatic rings. The number of imidazole rings is 1. The maximum absolute atomic E-state index is 11.9. The molecule has 0 radical (unpaired) electrons. The van der Waals surface area contributed by atoms with Crippen LogP contribution in [-0.2, 0) is 11.3 Å². The number of hydrogen-bond donors (Lipinski definition) is 2. The largest absolute Gasteiger partial charge is 0.369 e. The Balaban J connectivity index is 2.27. The number of rotatable bonds is 4. The van der Waals surface area contributed by atoms with Crippen LogP contribution in [0.2, 0.25) is 0 Å². The number of carbonyl (C=O) groups is 1. The average molecular weight is 274 g/mol. The molecule has 0 fully saturated rings. The predicted octanol–water partition coefficient (Wildman–Crippen LogP) is 2.01. The van der Waals surface area contributed by atoms with Crippen molar-refractivity contribution < 1.29 is 4.79 Å². The molecular weight excluding hydrogens is 252 g/mol. The summed E-state index contributed by atoms with van der Waals surface area (Å²) in [7, 11) is 0. The molecule has 1 aromatic carbocycles. The number of carbonyl (C=O) groups excluding carboxylic acids is 1. The van der Waals surface area contributed by atoms with Gasteiger partial charge in [0.05, 0.1) is 11.0 Å². The Morgan fingerprint density at radius 2 is 2.00 bits per heavy atom. The fourth-order valence-corrected chi connectivity index (χ4v) is 2.08. The summed E-state index contributed by atoms with van der Waals surface area (Å²) in [5, 5.41) is 2.90. The van der Waals surface area contributed by atoms with E-state index in [9.17, 15) is 4.79 Å². The van der Waals surface area contributed by atoms with Gasteiger partial charge in [0.25, 0.3) is 0 Å². The molecule has 0 bridgehead atoms. The maximum atomic E-state index is 11.9. The number of aromatic nitrogens is 2. The topological polar surface area (TPSA) is 72.9 Å². The minimum atomic E-state index is -0.0390. The molecule has 5 heteroatoms. The minimum Gasteiger partial charge on any atom is -0.369 e. The van der Waals surface area contributed by atoms with E-state index in [1.807, 2.05) is 26.0 Å². The molecule has 2 aromatic rings. The van der Waals surface area contributed by atoms with E-state index in [-0.39, 0.29) is 12.5 Å². The van der Waals surface area contributed by atoms with Gasteiger partial charge in [-0.1, -0.05) is 13.8 Å². The number of amides is 1. The first-order valence-electron chi connectivity index (χ1n) is 6.88. The number of nitrogens with two attached hydrogens (primary N) is 1. The summed E-state index contributed by atoms with van der Waals surface area (Å²) in [6, 6.07) is 4.04. The maximum Gasteiger partial charge on any atom is 0.240 e. The van der Waals surface area contributed by atoms with Crippen LogP contribution in [-0.4, -0.2) is 22.0 Å². The molecule has 2 rings (SSSR count). The Morgan fingerprint density at radius 1 is 1.35 bits per heavy atom. The Bertz CT molecular complexity index is 643. The first kappa shape index (κ1) is 14.4. The van der Waals surface area contributed by atoms with Gasteiger partial charge in [0.2, 0.25) is 11.9 Å². The van der Waals surface area contributed by atoms with Gasteiger partial charge in [-0.2, -0.15) is 0 Å². The van der Waals surface area contributed by atoms with E-state index in [1.165, 1.54) is 11.1 Å². The van der Waals surface area contributed by atoms with Crippen LogP contribution in [0.3, 0.4) is 0 Å². The van der Waals surface area contributed by atoms with E-state index in [0.717, 1.165) is 11.0 Å². The molecule has 108 valence electrons. The molecule has 0 saturated carbocycles. The molecular formula is C15H22N4O. The molecule has 1 amide bonds. The number of anilines is 1. The van der Waals surface area contributed by atoms with E-state index in [1.54, 1.807) is 4.57 Å². The van der Waals surface area contributed by atoms with Crippen LogP contribution in [0.5, 0.6) is 0 Å². The van der Waals surface area contributed by atoms with Crippen molar-refractivity contribution in [2.24, 2.45) is 5.92 Å². The van der Waals surface area contributed by atoms with Crippen LogP contribution >= 0.6 is 0 Å². The second-order valence-corrected chi connectivity index (χ2v) is 5.68. The summed E-state index contributed by atoms with van der Waals surface area (Å²) in [5.74, 6) is 0.772. The van der Waals surface area contributed by atoms with E-state index in [0.29, 0.717) is 18.4 Å². The monoisotopic (exact) mass is 274 g/mol. The number of nitrogens with one attached hydrogen (secondary N) is 1. The Labute approximate surface area is 119 Å². The lowest BCUT2D eigenvalue weighted by atomic mass is 10.1. The van der Waals surface area contributed by atoms with Crippen LogP contribution in [0.15, 0.2) is 12.1 Å². The highest BCUT2D eigenvalue weighted by molar-refractivity contribution is 5.83. The zero-order valence-corrected chi connectivity index (χ0v) is 12.5. The fourth-order valence-electron chi connectivity index (χ4n) is 2.08. The third kappa shape index (κ3) is 2.92. The molecule has 1 heterocycles. The van der Waals surface area contributed by atoms with Gasteiger partial charge in [-0.25, -0.2) is 4.98 Å². The second-order valence-electron chi connectivity index (χ2n) is 5.68. The number of aryl methyl sites for hydroxylation is 2. The third-order valence-electron chi connectivity index (χ3n) is 3.40. The standard InChI is InChI=1S/C15H22N4O/c1-9(2)7-17-14(20)8-19-13-6-11(4)10(3)5-12(13)18-15(19)16/h5-6,9H,7-8H2,1-4H3,(H2,16,18)(H,17,20). The molecule has 0 saturated heterocycles. The van der Waals surface area contributed by atoms with Crippen molar-refractivity contribution in [3.8, 4) is 0 Å².